The van der Waals surface area contributed by atoms with Crippen LogP contribution in [0.5, 0.6) is 5.75 Å². The Kier molecular flexibility index (Phi) is 7.02. The highest BCUT2D eigenvalue weighted by atomic mass is 32.1. The van der Waals surface area contributed by atoms with Gasteiger partial charge in [-0.25, -0.2) is 9.78 Å². The molecule has 3 fully saturated rings. The molecule has 2 aliphatic carbocycles. The number of rotatable bonds is 8. The predicted octanol–water partition coefficient (Wildman–Crippen LogP) is 4.10. The molecule has 2 saturated carbocycles. The van der Waals surface area contributed by atoms with Crippen LogP contribution >= 0.6 is 11.3 Å². The average Bonchev–Trinajstić information content (AvgIpc) is 3.49. The maximum Gasteiger partial charge on any atom is 0.573 e. The lowest BCUT2D eigenvalue weighted by molar-refractivity contribution is -0.274. The highest BCUT2D eigenvalue weighted by molar-refractivity contribution is 7.07. The van der Waals surface area contributed by atoms with Gasteiger partial charge in [-0.3, -0.25) is 0 Å². The van der Waals surface area contributed by atoms with E-state index in [0.29, 0.717) is 6.54 Å². The molecule has 5 rings (SSSR count). The van der Waals surface area contributed by atoms with Crippen molar-refractivity contribution in [2.45, 2.75) is 25.7 Å². The fourth-order valence-electron chi connectivity index (χ4n) is 4.41. The van der Waals surface area contributed by atoms with E-state index in [1.807, 2.05) is 6.07 Å². The highest BCUT2D eigenvalue weighted by Gasteiger charge is 2.55. The number of hydrogen-bond donors (Lipinski definition) is 2. The first-order chi connectivity index (χ1) is 15.3. The van der Waals surface area contributed by atoms with Crippen LogP contribution in [0, 0.1) is 23.7 Å². The molecule has 174 valence electrons. The Labute approximate surface area is 188 Å². The van der Waals surface area contributed by atoms with Crippen LogP contribution in [0.4, 0.5) is 13.2 Å². The predicted molar refractivity (Wildman–Crippen MR) is 114 cm³/mol. The Morgan fingerprint density at radius 1 is 1.28 bits per heavy atom. The Bertz CT molecular complexity index is 893. The van der Waals surface area contributed by atoms with Crippen LogP contribution in [0.15, 0.2) is 35.2 Å². The Morgan fingerprint density at radius 3 is 2.59 bits per heavy atom. The number of piperidine rings is 1. The molecule has 1 saturated heterocycles. The number of benzene rings is 1. The molecule has 2 aromatic rings. The maximum absolute atomic E-state index is 12.2. The van der Waals surface area contributed by atoms with Crippen molar-refractivity contribution in [1.82, 2.24) is 15.2 Å². The van der Waals surface area contributed by atoms with Crippen molar-refractivity contribution in [1.29, 1.82) is 0 Å². The van der Waals surface area contributed by atoms with Crippen LogP contribution in [0.3, 0.4) is 0 Å². The minimum absolute atomic E-state index is 0.120. The van der Waals surface area contributed by atoms with E-state index in [9.17, 15) is 18.0 Å². The number of ether oxygens (including phenoxy) is 1. The molecule has 6 nitrogen and oxygen atoms in total. The quantitative estimate of drug-likeness (QED) is 0.606. The van der Waals surface area contributed by atoms with Gasteiger partial charge in [-0.2, -0.15) is 0 Å². The fourth-order valence-corrected chi connectivity index (χ4v) is 4.93. The lowest BCUT2D eigenvalue weighted by Crippen LogP contribution is -2.29. The topological polar surface area (TPSA) is 74.7 Å². The summed E-state index contributed by atoms with van der Waals surface area (Å²) in [5.74, 6) is 2.25. The average molecular weight is 470 g/mol. The lowest BCUT2D eigenvalue weighted by atomic mass is 10.2. The van der Waals surface area contributed by atoms with Gasteiger partial charge in [-0.1, -0.05) is 12.1 Å². The molecule has 1 aliphatic heterocycles. The van der Waals surface area contributed by atoms with E-state index in [0.717, 1.165) is 35.8 Å². The minimum atomic E-state index is -4.64. The van der Waals surface area contributed by atoms with Crippen molar-refractivity contribution >= 4 is 17.3 Å². The number of nitrogens with one attached hydrogen (secondary N) is 1. The summed E-state index contributed by atoms with van der Waals surface area (Å²) in [6.45, 7) is 5.30. The molecule has 0 radical (unpaired) electrons. The third-order valence-corrected chi connectivity index (χ3v) is 6.74. The van der Waals surface area contributed by atoms with E-state index >= 15 is 0 Å². The van der Waals surface area contributed by atoms with Crippen molar-refractivity contribution in [3.05, 3.63) is 46.4 Å². The Hall–Kier alpha value is -2.17. The van der Waals surface area contributed by atoms with Gasteiger partial charge < -0.3 is 20.1 Å². The molecule has 0 spiro atoms. The first-order valence-corrected chi connectivity index (χ1v) is 11.6. The second-order valence-electron chi connectivity index (χ2n) is 8.66. The summed E-state index contributed by atoms with van der Waals surface area (Å²) in [7, 11) is 0. The van der Waals surface area contributed by atoms with E-state index in [1.54, 1.807) is 6.07 Å². The van der Waals surface area contributed by atoms with Crippen molar-refractivity contribution < 1.29 is 27.8 Å². The second kappa shape index (κ2) is 9.76. The number of likely N-dealkylation sites (tertiary alicyclic amines) is 1. The third kappa shape index (κ3) is 6.66. The Morgan fingerprint density at radius 2 is 2.03 bits per heavy atom. The number of alkyl halides is 3. The standard InChI is InChI=1S/C18H23F3N2O.C4H3NO2S/c19-18(20,21)24-14-3-1-2-13(6-14)7-22-8-15-16-10-23(11-17(15)16)9-12-4-5-12;6-4(7)3-1-8-2-5-3/h1-3,6,12,15-17,22H,4-5,7-11H2;1-2H,(H,6,7). The third-order valence-electron chi connectivity index (χ3n) is 6.15. The monoisotopic (exact) mass is 469 g/mol. The summed E-state index contributed by atoms with van der Waals surface area (Å²) in [5.41, 5.74) is 2.43. The van der Waals surface area contributed by atoms with Gasteiger partial charge in [0.15, 0.2) is 5.69 Å². The van der Waals surface area contributed by atoms with Gasteiger partial charge in [-0.15, -0.1) is 24.5 Å². The van der Waals surface area contributed by atoms with Crippen LogP contribution in [-0.2, 0) is 6.54 Å². The summed E-state index contributed by atoms with van der Waals surface area (Å²) < 4.78 is 40.7. The highest BCUT2D eigenvalue weighted by Crippen LogP contribution is 2.51. The number of aromatic nitrogens is 1. The Balaban J connectivity index is 0.000000260. The number of fused-ring (bicyclic) bond motifs is 1. The molecule has 2 heterocycles. The molecule has 0 amide bonds. The summed E-state index contributed by atoms with van der Waals surface area (Å²) in [4.78, 5) is 16.2. The molecule has 1 aromatic heterocycles. The first kappa shape index (κ1) is 23.0. The zero-order valence-corrected chi connectivity index (χ0v) is 18.2. The number of carbonyl (C=O) groups is 1. The smallest absolute Gasteiger partial charge is 0.476 e. The largest absolute Gasteiger partial charge is 0.573 e. The molecular formula is C22H26F3N3O3S. The summed E-state index contributed by atoms with van der Waals surface area (Å²) in [6, 6.07) is 6.20. The van der Waals surface area contributed by atoms with Gasteiger partial charge >= 0.3 is 12.3 Å². The number of halogens is 3. The molecular weight excluding hydrogens is 443 g/mol. The molecule has 32 heavy (non-hydrogen) atoms. The van der Waals surface area contributed by atoms with E-state index < -0.39 is 12.3 Å². The normalized spacial score (nSPS) is 24.4. The number of nitrogens with zero attached hydrogens (tertiary/aromatic N) is 2. The number of carboxylic acid groups (broad SMARTS) is 1. The van der Waals surface area contributed by atoms with Crippen molar-refractivity contribution in [3.8, 4) is 5.75 Å². The number of aromatic carboxylic acids is 1. The van der Waals surface area contributed by atoms with Gasteiger partial charge in [0.1, 0.15) is 5.75 Å². The van der Waals surface area contributed by atoms with E-state index in [2.05, 4.69) is 19.9 Å². The van der Waals surface area contributed by atoms with Crippen molar-refractivity contribution in [2.75, 3.05) is 26.2 Å². The van der Waals surface area contributed by atoms with E-state index in [4.69, 9.17) is 5.11 Å². The minimum Gasteiger partial charge on any atom is -0.476 e. The molecule has 2 atom stereocenters. The van der Waals surface area contributed by atoms with E-state index in [1.165, 1.54) is 66.8 Å². The summed E-state index contributed by atoms with van der Waals surface area (Å²) >= 11 is 1.28. The van der Waals surface area contributed by atoms with Gasteiger partial charge in [0.2, 0.25) is 0 Å². The van der Waals surface area contributed by atoms with Gasteiger partial charge in [0.25, 0.3) is 0 Å². The number of hydrogen-bond acceptors (Lipinski definition) is 6. The maximum atomic E-state index is 12.2. The van der Waals surface area contributed by atoms with Gasteiger partial charge in [0.05, 0.1) is 5.51 Å². The van der Waals surface area contributed by atoms with Crippen LogP contribution in [0.2, 0.25) is 0 Å². The summed E-state index contributed by atoms with van der Waals surface area (Å²) in [6.07, 6.45) is -1.81. The SMILES string of the molecule is FC(F)(F)Oc1cccc(CNCC2C3CN(CC4CC4)CC23)c1.O=C(O)c1cscn1. The van der Waals surface area contributed by atoms with Crippen molar-refractivity contribution in [3.63, 3.8) is 0 Å². The lowest BCUT2D eigenvalue weighted by Gasteiger charge is -2.19. The molecule has 3 aliphatic rings. The van der Waals surface area contributed by atoms with Crippen molar-refractivity contribution in [2.24, 2.45) is 23.7 Å². The zero-order valence-electron chi connectivity index (χ0n) is 17.4. The molecule has 2 unspecified atom stereocenters. The zero-order chi connectivity index (χ0) is 22.7. The van der Waals surface area contributed by atoms with Crippen LogP contribution < -0.4 is 10.1 Å². The van der Waals surface area contributed by atoms with E-state index in [-0.39, 0.29) is 11.4 Å². The van der Waals surface area contributed by atoms with Crippen LogP contribution in [0.25, 0.3) is 0 Å². The first-order valence-electron chi connectivity index (χ1n) is 10.7. The summed E-state index contributed by atoms with van der Waals surface area (Å²) in [5, 5.41) is 13.1. The molecule has 1 aromatic carbocycles. The number of carboxylic acids is 1. The van der Waals surface area contributed by atoms with Crippen LogP contribution in [-0.4, -0.2) is 53.5 Å². The van der Waals surface area contributed by atoms with Gasteiger partial charge in [-0.05, 0) is 60.8 Å². The molecule has 10 heteroatoms. The molecule has 2 N–H and O–H groups in total. The number of thiazole rings is 1. The molecule has 0 bridgehead atoms. The van der Waals surface area contributed by atoms with Gasteiger partial charge in [0, 0.05) is 31.6 Å². The van der Waals surface area contributed by atoms with Crippen LogP contribution in [0.1, 0.15) is 28.9 Å². The second-order valence-corrected chi connectivity index (χ2v) is 9.38. The fraction of sp³-hybridized carbons (Fsp3) is 0.545.